The zero-order valence-electron chi connectivity index (χ0n) is 22.4. The molecule has 0 bridgehead atoms. The Balaban J connectivity index is 1.38. The molecule has 0 spiro atoms. The SMILES string of the molecule is O=S(=O)([O-])c1ccc(C[n+]2c(/C=C/c3ccc4c(c3)OCCOCCOCCOCCO4)sc3ccccc32)cc1. The monoisotopic (exact) mass is 597 g/mol. The quantitative estimate of drug-likeness (QED) is 0.250. The molecule has 1 aromatic heterocycles. The average Bonchev–Trinajstić information content (AvgIpc) is 3.31. The number of rotatable bonds is 5. The van der Waals surface area contributed by atoms with Crippen molar-refractivity contribution in [2.45, 2.75) is 11.4 Å². The van der Waals surface area contributed by atoms with Crippen molar-refractivity contribution in [3.05, 3.63) is 82.9 Å². The maximum Gasteiger partial charge on any atom is 0.263 e. The van der Waals surface area contributed by atoms with Crippen LogP contribution in [0.4, 0.5) is 0 Å². The highest BCUT2D eigenvalue weighted by Gasteiger charge is 2.19. The van der Waals surface area contributed by atoms with Gasteiger partial charge in [-0.15, -0.1) is 0 Å². The highest BCUT2D eigenvalue weighted by atomic mass is 32.2. The molecule has 1 aliphatic rings. The minimum absolute atomic E-state index is 0.237. The van der Waals surface area contributed by atoms with Crippen molar-refractivity contribution in [1.29, 1.82) is 0 Å². The van der Waals surface area contributed by atoms with Crippen molar-refractivity contribution in [3.8, 4) is 11.5 Å². The highest BCUT2D eigenvalue weighted by molar-refractivity contribution is 7.85. The van der Waals surface area contributed by atoms with Gasteiger partial charge in [0.15, 0.2) is 18.0 Å². The van der Waals surface area contributed by atoms with E-state index < -0.39 is 10.1 Å². The molecule has 5 rings (SSSR count). The minimum atomic E-state index is -4.49. The second-order valence-electron chi connectivity index (χ2n) is 9.17. The number of hydrogen-bond acceptors (Lipinski definition) is 9. The van der Waals surface area contributed by atoms with Crippen LogP contribution in [0.5, 0.6) is 11.5 Å². The summed E-state index contributed by atoms with van der Waals surface area (Å²) in [5.41, 5.74) is 2.87. The summed E-state index contributed by atoms with van der Waals surface area (Å²) >= 11 is 1.65. The molecular weight excluding hydrogens is 566 g/mol. The van der Waals surface area contributed by atoms with Crippen molar-refractivity contribution >= 4 is 43.8 Å². The molecule has 0 N–H and O–H groups in total. The predicted octanol–water partition coefficient (Wildman–Crippen LogP) is 4.13. The van der Waals surface area contributed by atoms with Crippen LogP contribution in [0.15, 0.2) is 71.6 Å². The average molecular weight is 598 g/mol. The number of hydrogen-bond donors (Lipinski definition) is 0. The van der Waals surface area contributed by atoms with Crippen LogP contribution in [0.2, 0.25) is 0 Å². The summed E-state index contributed by atoms with van der Waals surface area (Å²) in [4.78, 5) is -0.237. The molecule has 0 saturated heterocycles. The number of ether oxygens (including phenoxy) is 5. The topological polar surface area (TPSA) is 107 Å². The Hall–Kier alpha value is -3.32. The molecule has 216 valence electrons. The van der Waals surface area contributed by atoms with E-state index in [2.05, 4.69) is 16.7 Å². The third-order valence-electron chi connectivity index (χ3n) is 6.29. The fourth-order valence-corrected chi connectivity index (χ4v) is 5.81. The Morgan fingerprint density at radius 3 is 2.07 bits per heavy atom. The van der Waals surface area contributed by atoms with E-state index in [9.17, 15) is 13.0 Å². The van der Waals surface area contributed by atoms with Crippen molar-refractivity contribution in [3.63, 3.8) is 0 Å². The molecular formula is C30H31NO8S2. The molecule has 3 aromatic carbocycles. The van der Waals surface area contributed by atoms with Gasteiger partial charge in [-0.2, -0.15) is 4.57 Å². The number of nitrogens with zero attached hydrogens (tertiary/aromatic N) is 1. The van der Waals surface area contributed by atoms with Crippen LogP contribution >= 0.6 is 11.3 Å². The van der Waals surface area contributed by atoms with Gasteiger partial charge in [0.1, 0.15) is 28.0 Å². The Kier molecular flexibility index (Phi) is 9.99. The number of benzene rings is 3. The standard InChI is InChI=1S/C30H31NO8S2/c32-41(33,34)25-9-5-24(6-10-25)22-31-26-3-1-2-4-29(26)40-30(31)12-8-23-7-11-27-28(21-23)39-20-18-37-16-14-35-13-15-36-17-19-38-27/h1-12,21H,13-20,22H2/b12-8+. The van der Waals surface area contributed by atoms with Gasteiger partial charge in [-0.05, 0) is 42.0 Å². The predicted molar refractivity (Wildman–Crippen MR) is 154 cm³/mol. The maximum absolute atomic E-state index is 11.3. The number of aromatic nitrogens is 1. The fraction of sp³-hybridized carbons (Fsp3) is 0.300. The van der Waals surface area contributed by atoms with Crippen LogP contribution in [-0.4, -0.2) is 65.8 Å². The Morgan fingerprint density at radius 2 is 1.39 bits per heavy atom. The first-order valence-corrected chi connectivity index (χ1v) is 15.5. The second-order valence-corrected chi connectivity index (χ2v) is 11.6. The van der Waals surface area contributed by atoms with Gasteiger partial charge in [-0.3, -0.25) is 0 Å². The molecule has 41 heavy (non-hydrogen) atoms. The van der Waals surface area contributed by atoms with Gasteiger partial charge in [0, 0.05) is 17.7 Å². The first-order chi connectivity index (χ1) is 20.0. The van der Waals surface area contributed by atoms with Gasteiger partial charge in [-0.25, -0.2) is 8.42 Å². The summed E-state index contributed by atoms with van der Waals surface area (Å²) in [6, 6.07) is 20.0. The lowest BCUT2D eigenvalue weighted by molar-refractivity contribution is -0.659. The summed E-state index contributed by atoms with van der Waals surface area (Å²) in [5, 5.41) is 1.01. The summed E-state index contributed by atoms with van der Waals surface area (Å²) in [5.74, 6) is 1.26. The van der Waals surface area contributed by atoms with E-state index in [-0.39, 0.29) is 4.90 Å². The summed E-state index contributed by atoms with van der Waals surface area (Å²) in [6.07, 6.45) is 4.07. The lowest BCUT2D eigenvalue weighted by Gasteiger charge is -2.13. The van der Waals surface area contributed by atoms with Gasteiger partial charge in [-0.1, -0.05) is 41.7 Å². The van der Waals surface area contributed by atoms with E-state index in [1.807, 2.05) is 42.5 Å². The first kappa shape index (κ1) is 29.2. The van der Waals surface area contributed by atoms with Crippen LogP contribution in [-0.2, 0) is 30.9 Å². The van der Waals surface area contributed by atoms with Crippen LogP contribution in [0.1, 0.15) is 16.1 Å². The van der Waals surface area contributed by atoms with Gasteiger partial charge >= 0.3 is 0 Å². The lowest BCUT2D eigenvalue weighted by Crippen LogP contribution is -2.35. The van der Waals surface area contributed by atoms with E-state index in [0.717, 1.165) is 26.4 Å². The normalized spacial score (nSPS) is 15.9. The molecule has 0 unspecified atom stereocenters. The van der Waals surface area contributed by atoms with Crippen LogP contribution < -0.4 is 14.0 Å². The van der Waals surface area contributed by atoms with Gasteiger partial charge in [0.25, 0.3) is 5.01 Å². The second kappa shape index (κ2) is 14.0. The van der Waals surface area contributed by atoms with Crippen molar-refractivity contribution in [2.75, 3.05) is 52.9 Å². The van der Waals surface area contributed by atoms with Gasteiger partial charge in [0.2, 0.25) is 5.52 Å². The fourth-order valence-electron chi connectivity index (χ4n) is 4.27. The van der Waals surface area contributed by atoms with E-state index in [4.69, 9.17) is 23.7 Å². The van der Waals surface area contributed by atoms with Crippen molar-refractivity contribution < 1.29 is 41.2 Å². The van der Waals surface area contributed by atoms with Crippen LogP contribution in [0.25, 0.3) is 22.4 Å². The van der Waals surface area contributed by atoms with E-state index in [0.29, 0.717) is 70.9 Å². The molecule has 11 heteroatoms. The number of para-hydroxylation sites is 1. The lowest BCUT2D eigenvalue weighted by atomic mass is 10.2. The molecule has 2 heterocycles. The third-order valence-corrected chi connectivity index (χ3v) is 8.27. The smallest absolute Gasteiger partial charge is 0.263 e. The molecule has 0 atom stereocenters. The van der Waals surface area contributed by atoms with E-state index >= 15 is 0 Å². The van der Waals surface area contributed by atoms with Crippen molar-refractivity contribution in [1.82, 2.24) is 0 Å². The molecule has 9 nitrogen and oxygen atoms in total. The molecule has 4 aromatic rings. The largest absolute Gasteiger partial charge is 0.744 e. The molecule has 0 saturated carbocycles. The molecule has 0 amide bonds. The number of thiazole rings is 1. The van der Waals surface area contributed by atoms with Crippen LogP contribution in [0, 0.1) is 0 Å². The third kappa shape index (κ3) is 8.13. The van der Waals surface area contributed by atoms with Crippen molar-refractivity contribution in [2.24, 2.45) is 0 Å². The van der Waals surface area contributed by atoms with Crippen LogP contribution in [0.3, 0.4) is 0 Å². The highest BCUT2D eigenvalue weighted by Crippen LogP contribution is 2.30. The Morgan fingerprint density at radius 1 is 0.756 bits per heavy atom. The van der Waals surface area contributed by atoms with E-state index in [1.165, 1.54) is 12.1 Å². The number of fused-ring (bicyclic) bond motifs is 2. The molecule has 1 aliphatic heterocycles. The van der Waals surface area contributed by atoms with Gasteiger partial charge in [0.05, 0.1) is 44.5 Å². The molecule has 0 aliphatic carbocycles. The summed E-state index contributed by atoms with van der Waals surface area (Å²) in [7, 11) is -4.49. The summed E-state index contributed by atoms with van der Waals surface area (Å²) in [6.45, 7) is 4.19. The van der Waals surface area contributed by atoms with Gasteiger partial charge < -0.3 is 28.2 Å². The first-order valence-electron chi connectivity index (χ1n) is 13.2. The summed E-state index contributed by atoms with van der Waals surface area (Å²) < 4.78 is 65.8. The molecule has 0 fully saturated rings. The zero-order valence-corrected chi connectivity index (χ0v) is 24.0. The zero-order chi connectivity index (χ0) is 28.5. The Bertz CT molecular complexity index is 1580. The minimum Gasteiger partial charge on any atom is -0.744 e. The molecule has 0 radical (unpaired) electrons. The maximum atomic E-state index is 11.3. The Labute approximate surface area is 243 Å². The van der Waals surface area contributed by atoms with E-state index in [1.54, 1.807) is 23.5 Å².